The summed E-state index contributed by atoms with van der Waals surface area (Å²) < 4.78 is 0. The van der Waals surface area contributed by atoms with Gasteiger partial charge in [-0.1, -0.05) is 110 Å². The fraction of sp³-hybridized carbons (Fsp3) is 0.243. The van der Waals surface area contributed by atoms with Gasteiger partial charge in [0.25, 0.3) is 5.91 Å². The van der Waals surface area contributed by atoms with Crippen molar-refractivity contribution in [3.05, 3.63) is 131 Å². The Morgan fingerprint density at radius 2 is 1.52 bits per heavy atom. The summed E-state index contributed by atoms with van der Waals surface area (Å²) in [7, 11) is 0. The lowest BCUT2D eigenvalue weighted by molar-refractivity contribution is -0.127. The Kier molecular flexibility index (Phi) is 7.42. The van der Waals surface area contributed by atoms with Crippen LogP contribution in [-0.2, 0) is 4.79 Å². The van der Waals surface area contributed by atoms with E-state index in [9.17, 15) is 9.59 Å². The van der Waals surface area contributed by atoms with Crippen LogP contribution in [0.25, 0.3) is 22.2 Å². The van der Waals surface area contributed by atoms with Crippen LogP contribution >= 0.6 is 0 Å². The molecule has 0 aliphatic carbocycles. The number of H-pyrrole nitrogens is 1. The quantitative estimate of drug-likeness (QED) is 0.204. The lowest BCUT2D eigenvalue weighted by Gasteiger charge is -2.35. The normalized spacial score (nSPS) is 16.1. The minimum Gasteiger partial charge on any atom is -0.354 e. The van der Waals surface area contributed by atoms with Gasteiger partial charge in [-0.3, -0.25) is 9.59 Å². The third kappa shape index (κ3) is 5.00. The van der Waals surface area contributed by atoms with Crippen molar-refractivity contribution >= 4 is 22.7 Å². The van der Waals surface area contributed by atoms with Crippen LogP contribution in [0, 0.1) is 12.8 Å². The van der Waals surface area contributed by atoms with Crippen LogP contribution < -0.4 is 5.32 Å². The summed E-state index contributed by atoms with van der Waals surface area (Å²) in [6, 6.07) is 33.2. The average Bonchev–Trinajstić information content (AvgIpc) is 3.51. The first-order chi connectivity index (χ1) is 20.3. The number of para-hydroxylation sites is 1. The van der Waals surface area contributed by atoms with E-state index in [0.29, 0.717) is 12.0 Å². The van der Waals surface area contributed by atoms with Gasteiger partial charge in [-0.25, -0.2) is 0 Å². The molecule has 5 nitrogen and oxygen atoms in total. The minimum atomic E-state index is -0.652. The summed E-state index contributed by atoms with van der Waals surface area (Å²) in [5.74, 6) is -0.0451. The van der Waals surface area contributed by atoms with Crippen molar-refractivity contribution in [1.29, 1.82) is 0 Å². The maximum absolute atomic E-state index is 14.3. The third-order valence-corrected chi connectivity index (χ3v) is 8.35. The number of nitrogens with zero attached hydrogens (tertiary/aromatic N) is 1. The number of aryl methyl sites for hydroxylation is 1. The molecule has 0 radical (unpaired) electrons. The molecule has 3 unspecified atom stereocenters. The number of amides is 2. The van der Waals surface area contributed by atoms with Crippen LogP contribution in [0.2, 0.25) is 0 Å². The summed E-state index contributed by atoms with van der Waals surface area (Å²) in [6.07, 6.45) is 0.547. The van der Waals surface area contributed by atoms with Gasteiger partial charge < -0.3 is 15.2 Å². The lowest BCUT2D eigenvalue weighted by Crippen LogP contribution is -2.50. The molecular formula is C37H37N3O2. The van der Waals surface area contributed by atoms with Crippen molar-refractivity contribution < 1.29 is 9.59 Å². The largest absolute Gasteiger partial charge is 0.354 e. The molecule has 0 fully saturated rings. The Labute approximate surface area is 247 Å². The number of carbonyl (C=O) groups excluding carboxylic acids is 2. The molecule has 2 heterocycles. The van der Waals surface area contributed by atoms with E-state index in [1.165, 1.54) is 5.56 Å². The van der Waals surface area contributed by atoms with Crippen molar-refractivity contribution in [1.82, 2.24) is 15.2 Å². The van der Waals surface area contributed by atoms with E-state index < -0.39 is 12.1 Å². The molecule has 5 heteroatoms. The standard InChI is InChI=1S/C37H37N3O2/c1-23(2)22-32(36(41)38-25(4)26-12-6-5-7-13-26)40-35(28-14-8-9-15-29(28)37(40)42)33-30-16-10-11-17-31(30)39-34(33)27-20-18-24(3)19-21-27/h5-21,23,25,32,35,39H,22H2,1-4H3,(H,38,41). The molecule has 1 aromatic heterocycles. The highest BCUT2D eigenvalue weighted by Gasteiger charge is 2.46. The van der Waals surface area contributed by atoms with Crippen molar-refractivity contribution in [3.8, 4) is 11.3 Å². The molecule has 6 rings (SSSR count). The molecule has 5 aromatic rings. The Balaban J connectivity index is 1.52. The Morgan fingerprint density at radius 3 is 2.26 bits per heavy atom. The second kappa shape index (κ2) is 11.3. The van der Waals surface area contributed by atoms with E-state index in [0.717, 1.165) is 38.9 Å². The van der Waals surface area contributed by atoms with E-state index in [-0.39, 0.29) is 23.8 Å². The predicted molar refractivity (Wildman–Crippen MR) is 169 cm³/mol. The number of hydrogen-bond acceptors (Lipinski definition) is 2. The van der Waals surface area contributed by atoms with Crippen LogP contribution in [0.3, 0.4) is 0 Å². The predicted octanol–water partition coefficient (Wildman–Crippen LogP) is 7.98. The molecule has 2 N–H and O–H groups in total. The number of aromatic nitrogens is 1. The van der Waals surface area contributed by atoms with Gasteiger partial charge in [0.2, 0.25) is 5.91 Å². The molecule has 1 aliphatic rings. The highest BCUT2D eigenvalue weighted by molar-refractivity contribution is 6.04. The number of aromatic amines is 1. The molecule has 0 saturated heterocycles. The summed E-state index contributed by atoms with van der Waals surface area (Å²) in [4.78, 5) is 34.1. The smallest absolute Gasteiger partial charge is 0.255 e. The maximum Gasteiger partial charge on any atom is 0.255 e. The number of rotatable bonds is 8. The highest BCUT2D eigenvalue weighted by Crippen LogP contribution is 2.47. The summed E-state index contributed by atoms with van der Waals surface area (Å²) in [5, 5.41) is 4.29. The first kappa shape index (κ1) is 27.5. The molecular weight excluding hydrogens is 518 g/mol. The van der Waals surface area contributed by atoms with E-state index in [4.69, 9.17) is 0 Å². The third-order valence-electron chi connectivity index (χ3n) is 8.35. The molecule has 1 aliphatic heterocycles. The second-order valence-electron chi connectivity index (χ2n) is 11.8. The van der Waals surface area contributed by atoms with Gasteiger partial charge in [-0.05, 0) is 55.0 Å². The monoisotopic (exact) mass is 555 g/mol. The van der Waals surface area contributed by atoms with Crippen molar-refractivity contribution in [2.75, 3.05) is 0 Å². The highest BCUT2D eigenvalue weighted by atomic mass is 16.2. The molecule has 42 heavy (non-hydrogen) atoms. The van der Waals surface area contributed by atoms with Crippen LogP contribution in [0.15, 0.2) is 103 Å². The number of carbonyl (C=O) groups is 2. The molecule has 212 valence electrons. The van der Waals surface area contributed by atoms with Crippen LogP contribution in [0.5, 0.6) is 0 Å². The first-order valence-electron chi connectivity index (χ1n) is 14.8. The molecule has 0 spiro atoms. The van der Waals surface area contributed by atoms with Gasteiger partial charge in [0.15, 0.2) is 0 Å². The van der Waals surface area contributed by atoms with E-state index in [1.54, 1.807) is 0 Å². The topological polar surface area (TPSA) is 65.2 Å². The number of hydrogen-bond donors (Lipinski definition) is 2. The Morgan fingerprint density at radius 1 is 0.857 bits per heavy atom. The van der Waals surface area contributed by atoms with E-state index >= 15 is 0 Å². The fourth-order valence-electron chi connectivity index (χ4n) is 6.28. The van der Waals surface area contributed by atoms with Crippen LogP contribution in [0.1, 0.15) is 71.9 Å². The van der Waals surface area contributed by atoms with Gasteiger partial charge in [-0.2, -0.15) is 0 Å². The van der Waals surface area contributed by atoms with Gasteiger partial charge in [0.1, 0.15) is 6.04 Å². The van der Waals surface area contributed by atoms with E-state index in [2.05, 4.69) is 67.5 Å². The summed E-state index contributed by atoms with van der Waals surface area (Å²) in [5.41, 5.74) is 7.83. The zero-order valence-electron chi connectivity index (χ0n) is 24.6. The van der Waals surface area contributed by atoms with Crippen molar-refractivity contribution in [3.63, 3.8) is 0 Å². The van der Waals surface area contributed by atoms with Crippen molar-refractivity contribution in [2.45, 2.75) is 52.2 Å². The first-order valence-corrected chi connectivity index (χ1v) is 14.8. The summed E-state index contributed by atoms with van der Waals surface area (Å²) >= 11 is 0. The molecule has 0 bridgehead atoms. The lowest BCUT2D eigenvalue weighted by atomic mass is 9.91. The molecule has 4 aromatic carbocycles. The maximum atomic E-state index is 14.3. The van der Waals surface area contributed by atoms with Crippen LogP contribution in [-0.4, -0.2) is 27.7 Å². The number of benzene rings is 4. The summed E-state index contributed by atoms with van der Waals surface area (Å²) in [6.45, 7) is 8.28. The molecule has 2 amide bonds. The molecule has 3 atom stereocenters. The second-order valence-corrected chi connectivity index (χ2v) is 11.8. The zero-order valence-corrected chi connectivity index (χ0v) is 24.6. The van der Waals surface area contributed by atoms with Gasteiger partial charge in [0, 0.05) is 22.0 Å². The van der Waals surface area contributed by atoms with Crippen molar-refractivity contribution in [2.24, 2.45) is 5.92 Å². The Bertz CT molecular complexity index is 1740. The SMILES string of the molecule is Cc1ccc(-c2[nH]c3ccccc3c2C2c3ccccc3C(=O)N2C(CC(C)C)C(=O)NC(C)c2ccccc2)cc1. The van der Waals surface area contributed by atoms with Gasteiger partial charge in [0.05, 0.1) is 17.8 Å². The Hall–Kier alpha value is -4.64. The number of nitrogens with one attached hydrogen (secondary N) is 2. The van der Waals surface area contributed by atoms with E-state index in [1.807, 2.05) is 78.6 Å². The number of fused-ring (bicyclic) bond motifs is 2. The van der Waals surface area contributed by atoms with Gasteiger partial charge in [-0.15, -0.1) is 0 Å². The molecule has 0 saturated carbocycles. The fourth-order valence-corrected chi connectivity index (χ4v) is 6.28. The minimum absolute atomic E-state index is 0.107. The average molecular weight is 556 g/mol. The van der Waals surface area contributed by atoms with Gasteiger partial charge >= 0.3 is 0 Å². The van der Waals surface area contributed by atoms with Crippen LogP contribution in [0.4, 0.5) is 0 Å². The zero-order chi connectivity index (χ0) is 29.4.